The van der Waals surface area contributed by atoms with E-state index >= 15 is 0 Å². The smallest absolute Gasteiger partial charge is 0.341 e. The molecule has 1 aromatic heterocycles. The third kappa shape index (κ3) is 4.19. The molecule has 0 saturated carbocycles. The Hall–Kier alpha value is -2.26. The van der Waals surface area contributed by atoms with Gasteiger partial charge in [-0.1, -0.05) is 0 Å². The average molecular weight is 411 g/mol. The van der Waals surface area contributed by atoms with Gasteiger partial charge in [0.2, 0.25) is 5.91 Å². The number of methoxy groups -OCH3 is 1. The van der Waals surface area contributed by atoms with Gasteiger partial charge >= 0.3 is 5.97 Å². The highest BCUT2D eigenvalue weighted by atomic mass is 32.2. The predicted octanol–water partition coefficient (Wildman–Crippen LogP) is 2.97. The summed E-state index contributed by atoms with van der Waals surface area (Å²) in [6.07, 6.45) is 3.48. The van der Waals surface area contributed by atoms with Gasteiger partial charge in [-0.2, -0.15) is 0 Å². The van der Waals surface area contributed by atoms with Gasteiger partial charge in [-0.25, -0.2) is 17.6 Å². The molecule has 0 spiro atoms. The number of fused-ring (bicyclic) bond motifs is 1. The van der Waals surface area contributed by atoms with Crippen LogP contribution in [0.25, 0.3) is 0 Å². The molecule has 0 fully saturated rings. The van der Waals surface area contributed by atoms with Gasteiger partial charge in [-0.15, -0.1) is 11.3 Å². The SMILES string of the molecule is COC(=O)c1c(NC(=O)CS(=O)(=O)c2ccc(F)cc2)sc2c1CCCC2. The number of amides is 1. The topological polar surface area (TPSA) is 89.5 Å². The van der Waals surface area contributed by atoms with E-state index in [0.29, 0.717) is 10.6 Å². The third-order valence-electron chi connectivity index (χ3n) is 4.31. The zero-order chi connectivity index (χ0) is 19.6. The van der Waals surface area contributed by atoms with Crippen LogP contribution in [-0.2, 0) is 32.2 Å². The number of benzene rings is 1. The standard InChI is InChI=1S/C18H18FNO5S2/c1-25-18(22)16-13-4-2-3-5-14(13)26-17(16)20-15(21)10-27(23,24)12-8-6-11(19)7-9-12/h6-9H,2-5,10H2,1H3,(H,20,21). The average Bonchev–Trinajstić information content (AvgIpc) is 2.98. The van der Waals surface area contributed by atoms with E-state index in [1.165, 1.54) is 18.4 Å². The summed E-state index contributed by atoms with van der Waals surface area (Å²) < 4.78 is 42.5. The Morgan fingerprint density at radius 1 is 1.19 bits per heavy atom. The van der Waals surface area contributed by atoms with E-state index in [-0.39, 0.29) is 4.90 Å². The van der Waals surface area contributed by atoms with Gasteiger partial charge in [-0.05, 0) is 55.5 Å². The number of rotatable bonds is 5. The molecule has 9 heteroatoms. The molecular formula is C18H18FNO5S2. The number of hydrogen-bond acceptors (Lipinski definition) is 6. The molecule has 0 saturated heterocycles. The maximum absolute atomic E-state index is 13.0. The Morgan fingerprint density at radius 2 is 1.85 bits per heavy atom. The van der Waals surface area contributed by atoms with Gasteiger partial charge in [-0.3, -0.25) is 4.79 Å². The number of carbonyl (C=O) groups is 2. The number of hydrogen-bond donors (Lipinski definition) is 1. The molecule has 1 amide bonds. The maximum atomic E-state index is 13.0. The van der Waals surface area contributed by atoms with E-state index < -0.39 is 33.3 Å². The first-order chi connectivity index (χ1) is 12.8. The fourth-order valence-electron chi connectivity index (χ4n) is 3.03. The third-order valence-corrected chi connectivity index (χ3v) is 7.15. The summed E-state index contributed by atoms with van der Waals surface area (Å²) in [6, 6.07) is 4.27. The number of anilines is 1. The van der Waals surface area contributed by atoms with Crippen molar-refractivity contribution < 1.29 is 27.1 Å². The Bertz CT molecular complexity index is 980. The van der Waals surface area contributed by atoms with E-state index in [4.69, 9.17) is 4.74 Å². The second-order valence-electron chi connectivity index (χ2n) is 6.17. The van der Waals surface area contributed by atoms with Crippen molar-refractivity contribution >= 4 is 38.1 Å². The lowest BCUT2D eigenvalue weighted by molar-refractivity contribution is -0.113. The summed E-state index contributed by atoms with van der Waals surface area (Å²) in [5.41, 5.74) is 1.18. The van der Waals surface area contributed by atoms with Crippen molar-refractivity contribution in [2.75, 3.05) is 18.2 Å². The lowest BCUT2D eigenvalue weighted by Crippen LogP contribution is -2.23. The monoisotopic (exact) mass is 411 g/mol. The Morgan fingerprint density at radius 3 is 2.52 bits per heavy atom. The second kappa shape index (κ2) is 7.77. The molecule has 6 nitrogen and oxygen atoms in total. The number of sulfone groups is 1. The largest absolute Gasteiger partial charge is 0.465 e. The molecule has 27 heavy (non-hydrogen) atoms. The quantitative estimate of drug-likeness (QED) is 0.604. The van der Waals surface area contributed by atoms with Crippen LogP contribution in [0.2, 0.25) is 0 Å². The molecule has 0 atom stereocenters. The van der Waals surface area contributed by atoms with Crippen LogP contribution in [0.5, 0.6) is 0 Å². The second-order valence-corrected chi connectivity index (χ2v) is 9.26. The van der Waals surface area contributed by atoms with Gasteiger partial charge in [0.15, 0.2) is 9.84 Å². The van der Waals surface area contributed by atoms with E-state index in [2.05, 4.69) is 5.32 Å². The highest BCUT2D eigenvalue weighted by Crippen LogP contribution is 2.38. The van der Waals surface area contributed by atoms with Gasteiger partial charge in [0.1, 0.15) is 16.6 Å². The van der Waals surface area contributed by atoms with Crippen molar-refractivity contribution in [1.82, 2.24) is 0 Å². The van der Waals surface area contributed by atoms with Crippen molar-refractivity contribution in [3.63, 3.8) is 0 Å². The fourth-order valence-corrected chi connectivity index (χ4v) is 5.46. The summed E-state index contributed by atoms with van der Waals surface area (Å²) in [5.74, 6) is -2.68. The van der Waals surface area contributed by atoms with Gasteiger partial charge in [0, 0.05) is 4.88 Å². The minimum atomic E-state index is -3.93. The highest BCUT2D eigenvalue weighted by Gasteiger charge is 2.28. The molecule has 1 aromatic carbocycles. The van der Waals surface area contributed by atoms with Crippen LogP contribution in [-0.4, -0.2) is 33.2 Å². The summed E-state index contributed by atoms with van der Waals surface area (Å²) in [4.78, 5) is 25.4. The number of thiophene rings is 1. The first-order valence-corrected chi connectivity index (χ1v) is 10.8. The number of halogens is 1. The van der Waals surface area contributed by atoms with Gasteiger partial charge in [0.05, 0.1) is 17.6 Å². The summed E-state index contributed by atoms with van der Waals surface area (Å²) in [6.45, 7) is 0. The maximum Gasteiger partial charge on any atom is 0.341 e. The molecule has 0 radical (unpaired) electrons. The Labute approximate surface area is 160 Å². The molecule has 1 aliphatic carbocycles. The van der Waals surface area contributed by atoms with Crippen molar-refractivity contribution in [2.45, 2.75) is 30.6 Å². The Kier molecular flexibility index (Phi) is 5.61. The molecule has 1 heterocycles. The molecular weight excluding hydrogens is 393 g/mol. The Balaban J connectivity index is 1.83. The molecule has 3 rings (SSSR count). The van der Waals surface area contributed by atoms with Crippen molar-refractivity contribution in [1.29, 1.82) is 0 Å². The van der Waals surface area contributed by atoms with E-state index in [1.54, 1.807) is 0 Å². The van der Waals surface area contributed by atoms with Crippen LogP contribution in [0.3, 0.4) is 0 Å². The minimum Gasteiger partial charge on any atom is -0.465 e. The molecule has 0 aliphatic heterocycles. The van der Waals surface area contributed by atoms with Crippen molar-refractivity contribution in [3.8, 4) is 0 Å². The predicted molar refractivity (Wildman–Crippen MR) is 99.4 cm³/mol. The van der Waals surface area contributed by atoms with E-state index in [9.17, 15) is 22.4 Å². The number of esters is 1. The van der Waals surface area contributed by atoms with Crippen LogP contribution in [0, 0.1) is 5.82 Å². The van der Waals surface area contributed by atoms with Crippen molar-refractivity contribution in [3.05, 3.63) is 46.1 Å². The molecule has 1 N–H and O–H groups in total. The van der Waals surface area contributed by atoms with Gasteiger partial charge < -0.3 is 10.1 Å². The molecule has 1 aliphatic rings. The minimum absolute atomic E-state index is 0.141. The summed E-state index contributed by atoms with van der Waals surface area (Å²) >= 11 is 1.28. The number of nitrogens with one attached hydrogen (secondary N) is 1. The van der Waals surface area contributed by atoms with Crippen LogP contribution >= 0.6 is 11.3 Å². The van der Waals surface area contributed by atoms with Crippen LogP contribution in [0.4, 0.5) is 9.39 Å². The lowest BCUT2D eigenvalue weighted by atomic mass is 9.95. The van der Waals surface area contributed by atoms with Crippen LogP contribution < -0.4 is 5.32 Å². The van der Waals surface area contributed by atoms with E-state index in [0.717, 1.165) is 60.4 Å². The normalized spacial score (nSPS) is 13.7. The zero-order valence-corrected chi connectivity index (χ0v) is 16.2. The first kappa shape index (κ1) is 19.5. The molecule has 0 unspecified atom stereocenters. The zero-order valence-electron chi connectivity index (χ0n) is 14.6. The fraction of sp³-hybridized carbons (Fsp3) is 0.333. The summed E-state index contributed by atoms with van der Waals surface area (Å²) in [7, 11) is -2.66. The lowest BCUT2D eigenvalue weighted by Gasteiger charge is -2.11. The molecule has 144 valence electrons. The highest BCUT2D eigenvalue weighted by molar-refractivity contribution is 7.92. The number of aryl methyl sites for hydroxylation is 1. The molecule has 2 aromatic rings. The number of carbonyl (C=O) groups excluding carboxylic acids is 2. The van der Waals surface area contributed by atoms with Crippen molar-refractivity contribution in [2.24, 2.45) is 0 Å². The van der Waals surface area contributed by atoms with Gasteiger partial charge in [0.25, 0.3) is 0 Å². The summed E-state index contributed by atoms with van der Waals surface area (Å²) in [5, 5.41) is 2.86. The number of ether oxygens (including phenoxy) is 1. The van der Waals surface area contributed by atoms with E-state index in [1.807, 2.05) is 0 Å². The molecule has 0 bridgehead atoms. The van der Waals surface area contributed by atoms with Crippen LogP contribution in [0.15, 0.2) is 29.2 Å². The van der Waals surface area contributed by atoms with Crippen LogP contribution in [0.1, 0.15) is 33.6 Å². The first-order valence-electron chi connectivity index (χ1n) is 8.33.